The molecule has 41 heavy (non-hydrogen) atoms. The number of hydrogen-bond acceptors (Lipinski definition) is 6. The molecule has 0 spiro atoms. The van der Waals surface area contributed by atoms with E-state index in [9.17, 15) is 19.5 Å². The lowest BCUT2D eigenvalue weighted by atomic mass is 9.99. The fourth-order valence-corrected chi connectivity index (χ4v) is 5.18. The Hall–Kier alpha value is -3.53. The number of carbonyl (C=O) groups excluding carboxylic acids is 3. The Morgan fingerprint density at radius 3 is 2.37 bits per heavy atom. The molecule has 0 aliphatic carbocycles. The van der Waals surface area contributed by atoms with Crippen molar-refractivity contribution in [3.05, 3.63) is 82.6 Å². The molecule has 5 N–H and O–H groups in total. The van der Waals surface area contributed by atoms with E-state index in [1.165, 1.54) is 11.0 Å². The zero-order valence-corrected chi connectivity index (χ0v) is 25.1. The number of thiophene rings is 1. The van der Waals surface area contributed by atoms with Crippen LogP contribution in [-0.4, -0.2) is 65.5 Å². The van der Waals surface area contributed by atoms with Crippen LogP contribution in [0.25, 0.3) is 10.8 Å². The first kappa shape index (κ1) is 32.0. The third-order valence-electron chi connectivity index (χ3n) is 6.76. The number of aliphatic hydroxyl groups excluding tert-OH is 1. The summed E-state index contributed by atoms with van der Waals surface area (Å²) in [7, 11) is 1.62. The lowest BCUT2D eigenvalue weighted by Crippen LogP contribution is -2.50. The van der Waals surface area contributed by atoms with Crippen LogP contribution in [0.5, 0.6) is 0 Å². The van der Waals surface area contributed by atoms with E-state index in [-0.39, 0.29) is 30.8 Å². The van der Waals surface area contributed by atoms with Crippen LogP contribution in [0.4, 0.5) is 0 Å². The van der Waals surface area contributed by atoms with Gasteiger partial charge in [0.15, 0.2) is 0 Å². The number of hydrogen-bond donors (Lipinski definition) is 4. The van der Waals surface area contributed by atoms with Gasteiger partial charge in [0.1, 0.15) is 6.04 Å². The molecule has 220 valence electrons. The number of nitrogens with one attached hydrogen (secondary N) is 2. The van der Waals surface area contributed by atoms with E-state index in [0.29, 0.717) is 19.3 Å². The molecule has 0 saturated carbocycles. The van der Waals surface area contributed by atoms with Gasteiger partial charge in [0.2, 0.25) is 17.7 Å². The van der Waals surface area contributed by atoms with Crippen molar-refractivity contribution in [1.82, 2.24) is 15.5 Å². The summed E-state index contributed by atoms with van der Waals surface area (Å²) in [6.07, 6.45) is 3.77. The molecule has 1 heterocycles. The summed E-state index contributed by atoms with van der Waals surface area (Å²) in [5.41, 5.74) is 6.51. The molecule has 0 aliphatic rings. The number of fused-ring (bicyclic) bond motifs is 1. The summed E-state index contributed by atoms with van der Waals surface area (Å²) in [4.78, 5) is 42.2. The third-order valence-corrected chi connectivity index (χ3v) is 7.66. The molecular formula is C32H42N4O4S. The zero-order valence-electron chi connectivity index (χ0n) is 24.3. The molecule has 0 saturated heterocycles. The van der Waals surface area contributed by atoms with Crippen LogP contribution in [0.1, 0.15) is 37.6 Å². The monoisotopic (exact) mass is 578 g/mol. The summed E-state index contributed by atoms with van der Waals surface area (Å²) in [6.45, 7) is 5.58. The molecule has 3 atom stereocenters. The lowest BCUT2D eigenvalue weighted by molar-refractivity contribution is -0.136. The maximum atomic E-state index is 13.7. The number of nitrogens with zero attached hydrogens (tertiary/aromatic N) is 1. The summed E-state index contributed by atoms with van der Waals surface area (Å²) in [6, 6.07) is 17.1. The van der Waals surface area contributed by atoms with Crippen LogP contribution < -0.4 is 16.4 Å². The quantitative estimate of drug-likeness (QED) is 0.218. The SMILES string of the molecule is C[C@H](O)CNC(=O)[C@@H](CNC(=O)[C@@H](Cc1ccc2ccccc2c1)N(C)C(=O)C=CCC(C)(C)N)Cc1cccs1. The van der Waals surface area contributed by atoms with Crippen LogP contribution in [-0.2, 0) is 27.2 Å². The Kier molecular flexibility index (Phi) is 11.6. The molecule has 9 heteroatoms. The summed E-state index contributed by atoms with van der Waals surface area (Å²) in [5.74, 6) is -1.44. The standard InChI is InChI=1S/C32H42N4O4S/c1-22(37)20-34-30(39)26(19-27-11-8-16-41-27)21-35-31(40)28(36(4)29(38)12-7-15-32(2,3)33)18-23-13-14-24-9-5-6-10-25(24)17-23/h5-14,16-17,22,26,28,37H,15,18-21,33H2,1-4H3,(H,34,39)(H,35,40)/t22-,26+,28+/m0/s1. The Bertz CT molecular complexity index is 1330. The van der Waals surface area contributed by atoms with E-state index in [0.717, 1.165) is 21.2 Å². The topological polar surface area (TPSA) is 125 Å². The predicted octanol–water partition coefficient (Wildman–Crippen LogP) is 3.43. The van der Waals surface area contributed by atoms with E-state index >= 15 is 0 Å². The second kappa shape index (κ2) is 14.9. The van der Waals surface area contributed by atoms with Gasteiger partial charge in [-0.15, -0.1) is 11.3 Å². The fourth-order valence-electron chi connectivity index (χ4n) is 4.39. The van der Waals surface area contributed by atoms with Gasteiger partial charge in [-0.05, 0) is 67.5 Å². The van der Waals surface area contributed by atoms with Crippen molar-refractivity contribution in [2.24, 2.45) is 11.7 Å². The largest absolute Gasteiger partial charge is 0.392 e. The molecule has 2 aromatic carbocycles. The Balaban J connectivity index is 1.80. The highest BCUT2D eigenvalue weighted by atomic mass is 32.1. The average Bonchev–Trinajstić information content (AvgIpc) is 3.44. The number of benzene rings is 2. The fraction of sp³-hybridized carbons (Fsp3) is 0.406. The molecule has 3 rings (SSSR count). The van der Waals surface area contributed by atoms with Gasteiger partial charge in [-0.2, -0.15) is 0 Å². The highest BCUT2D eigenvalue weighted by Crippen LogP contribution is 2.19. The van der Waals surface area contributed by atoms with Gasteiger partial charge < -0.3 is 26.4 Å². The van der Waals surface area contributed by atoms with Crippen molar-refractivity contribution >= 4 is 39.8 Å². The maximum Gasteiger partial charge on any atom is 0.246 e. The Morgan fingerprint density at radius 1 is 1.00 bits per heavy atom. The van der Waals surface area contributed by atoms with Crippen molar-refractivity contribution in [3.8, 4) is 0 Å². The van der Waals surface area contributed by atoms with Crippen LogP contribution in [0, 0.1) is 5.92 Å². The number of nitrogens with two attached hydrogens (primary N) is 1. The lowest BCUT2D eigenvalue weighted by Gasteiger charge is -2.28. The molecule has 0 aliphatic heterocycles. The summed E-state index contributed by atoms with van der Waals surface area (Å²) >= 11 is 1.54. The van der Waals surface area contributed by atoms with E-state index in [4.69, 9.17) is 5.73 Å². The highest BCUT2D eigenvalue weighted by Gasteiger charge is 2.28. The molecule has 0 fully saturated rings. The first-order valence-electron chi connectivity index (χ1n) is 13.9. The number of amides is 3. The van der Waals surface area contributed by atoms with Gasteiger partial charge >= 0.3 is 0 Å². The van der Waals surface area contributed by atoms with Gasteiger partial charge in [0.05, 0.1) is 12.0 Å². The minimum Gasteiger partial charge on any atom is -0.392 e. The van der Waals surface area contributed by atoms with Gasteiger partial charge in [-0.25, -0.2) is 0 Å². The smallest absolute Gasteiger partial charge is 0.246 e. The van der Waals surface area contributed by atoms with Crippen LogP contribution in [0.2, 0.25) is 0 Å². The van der Waals surface area contributed by atoms with Crippen molar-refractivity contribution in [2.45, 2.75) is 57.7 Å². The van der Waals surface area contributed by atoms with Gasteiger partial charge in [0, 0.05) is 37.0 Å². The number of rotatable bonds is 14. The molecule has 0 unspecified atom stereocenters. The minimum atomic E-state index is -0.804. The van der Waals surface area contributed by atoms with Crippen molar-refractivity contribution in [2.75, 3.05) is 20.1 Å². The van der Waals surface area contributed by atoms with Crippen LogP contribution >= 0.6 is 11.3 Å². The van der Waals surface area contributed by atoms with Gasteiger partial charge in [-0.3, -0.25) is 14.4 Å². The second-order valence-electron chi connectivity index (χ2n) is 11.3. The molecular weight excluding hydrogens is 536 g/mol. The maximum absolute atomic E-state index is 13.7. The van der Waals surface area contributed by atoms with Crippen LogP contribution in [0.3, 0.4) is 0 Å². The van der Waals surface area contributed by atoms with E-state index in [1.54, 1.807) is 31.4 Å². The molecule has 1 aromatic heterocycles. The van der Waals surface area contributed by atoms with E-state index < -0.39 is 23.6 Å². The normalized spacial score (nSPS) is 14.0. The summed E-state index contributed by atoms with van der Waals surface area (Å²) < 4.78 is 0. The highest BCUT2D eigenvalue weighted by molar-refractivity contribution is 7.09. The summed E-state index contributed by atoms with van der Waals surface area (Å²) in [5, 5.41) is 19.4. The molecule has 0 bridgehead atoms. The van der Waals surface area contributed by atoms with E-state index in [1.807, 2.05) is 73.8 Å². The first-order chi connectivity index (χ1) is 19.4. The Labute approximate surface area is 246 Å². The van der Waals surface area contributed by atoms with Crippen molar-refractivity contribution in [3.63, 3.8) is 0 Å². The minimum absolute atomic E-state index is 0.0931. The van der Waals surface area contributed by atoms with Crippen molar-refractivity contribution < 1.29 is 19.5 Å². The molecule has 3 aromatic rings. The van der Waals surface area contributed by atoms with E-state index in [2.05, 4.69) is 10.6 Å². The predicted molar refractivity (Wildman–Crippen MR) is 165 cm³/mol. The third kappa shape index (κ3) is 10.4. The first-order valence-corrected chi connectivity index (χ1v) is 14.8. The number of carbonyl (C=O) groups is 3. The van der Waals surface area contributed by atoms with Gasteiger partial charge in [-0.1, -0.05) is 54.6 Å². The molecule has 0 radical (unpaired) electrons. The van der Waals surface area contributed by atoms with Crippen LogP contribution in [0.15, 0.2) is 72.1 Å². The second-order valence-corrected chi connectivity index (χ2v) is 12.3. The Morgan fingerprint density at radius 2 is 1.71 bits per heavy atom. The number of aliphatic hydroxyl groups is 1. The number of likely N-dealkylation sites (N-methyl/N-ethyl adjacent to an activating group) is 1. The van der Waals surface area contributed by atoms with Gasteiger partial charge in [0.25, 0.3) is 0 Å². The zero-order chi connectivity index (χ0) is 30.0. The molecule has 8 nitrogen and oxygen atoms in total. The van der Waals surface area contributed by atoms with Crippen molar-refractivity contribution in [1.29, 1.82) is 0 Å². The average molecular weight is 579 g/mol. The molecule has 3 amide bonds.